The second-order valence-corrected chi connectivity index (χ2v) is 3.68. The summed E-state index contributed by atoms with van der Waals surface area (Å²) in [4.78, 5) is 11.4. The van der Waals surface area contributed by atoms with Crippen molar-refractivity contribution in [1.82, 2.24) is 0 Å². The van der Waals surface area contributed by atoms with E-state index in [-0.39, 0.29) is 11.8 Å². The first-order valence-electron chi connectivity index (χ1n) is 4.81. The smallest absolute Gasteiger partial charge is 0.227 e. The Hall–Kier alpha value is -2.02. The fourth-order valence-corrected chi connectivity index (χ4v) is 1.33. The zero-order valence-electron chi connectivity index (χ0n) is 8.16. The lowest BCUT2D eigenvalue weighted by Crippen LogP contribution is -2.14. The summed E-state index contributed by atoms with van der Waals surface area (Å²) in [6, 6.07) is 6.85. The molecule has 0 atom stereocenters. The van der Waals surface area contributed by atoms with Crippen LogP contribution in [0.3, 0.4) is 0 Å². The maximum Gasteiger partial charge on any atom is 0.227 e. The van der Waals surface area contributed by atoms with Crippen molar-refractivity contribution < 1.29 is 4.79 Å². The Labute approximate surface area is 87.7 Å². The molecule has 1 amide bonds. The van der Waals surface area contributed by atoms with Crippen LogP contribution in [-0.2, 0) is 4.79 Å². The van der Waals surface area contributed by atoms with E-state index in [4.69, 9.17) is 11.0 Å². The number of nitriles is 1. The molecule has 0 aromatic heterocycles. The van der Waals surface area contributed by atoms with Gasteiger partial charge in [0.25, 0.3) is 0 Å². The van der Waals surface area contributed by atoms with E-state index < -0.39 is 0 Å². The second kappa shape index (κ2) is 3.62. The number of nitrogen functional groups attached to an aromatic ring is 1. The SMILES string of the molecule is N#Cc1ccc(NC(=O)C2CC2)c(N)c1. The molecule has 4 nitrogen and oxygen atoms in total. The average Bonchev–Trinajstić information content (AvgIpc) is 3.04. The number of benzene rings is 1. The third kappa shape index (κ3) is 2.08. The van der Waals surface area contributed by atoms with Crippen molar-refractivity contribution in [2.24, 2.45) is 5.92 Å². The standard InChI is InChI=1S/C11H11N3O/c12-6-7-1-4-10(9(13)5-7)14-11(15)8-2-3-8/h1,4-5,8H,2-3,13H2,(H,14,15). The van der Waals surface area contributed by atoms with Crippen molar-refractivity contribution in [3.05, 3.63) is 23.8 Å². The Morgan fingerprint density at radius 2 is 2.27 bits per heavy atom. The number of rotatable bonds is 2. The molecule has 76 valence electrons. The maximum atomic E-state index is 11.4. The number of nitrogens with two attached hydrogens (primary N) is 1. The van der Waals surface area contributed by atoms with Crippen molar-refractivity contribution in [3.8, 4) is 6.07 Å². The average molecular weight is 201 g/mol. The van der Waals surface area contributed by atoms with Crippen LogP contribution in [0.4, 0.5) is 11.4 Å². The zero-order chi connectivity index (χ0) is 10.8. The minimum atomic E-state index is 0.0198. The van der Waals surface area contributed by atoms with Gasteiger partial charge in [0, 0.05) is 5.92 Å². The molecule has 0 aliphatic heterocycles. The molecule has 1 saturated carbocycles. The summed E-state index contributed by atoms with van der Waals surface area (Å²) < 4.78 is 0. The topological polar surface area (TPSA) is 78.9 Å². The first-order valence-corrected chi connectivity index (χ1v) is 4.81. The molecule has 0 saturated heterocycles. The second-order valence-electron chi connectivity index (χ2n) is 3.68. The Bertz CT molecular complexity index is 444. The monoisotopic (exact) mass is 201 g/mol. The number of hydrogen-bond acceptors (Lipinski definition) is 3. The van der Waals surface area contributed by atoms with Gasteiger partial charge < -0.3 is 11.1 Å². The predicted molar refractivity (Wildman–Crippen MR) is 56.9 cm³/mol. The third-order valence-electron chi connectivity index (χ3n) is 2.39. The molecule has 15 heavy (non-hydrogen) atoms. The predicted octanol–water partition coefficient (Wildman–Crippen LogP) is 1.49. The molecule has 1 aliphatic rings. The van der Waals surface area contributed by atoms with E-state index in [0.29, 0.717) is 16.9 Å². The van der Waals surface area contributed by atoms with Gasteiger partial charge in [-0.05, 0) is 31.0 Å². The molecule has 4 heteroatoms. The Morgan fingerprint density at radius 1 is 1.53 bits per heavy atom. The van der Waals surface area contributed by atoms with Crippen molar-refractivity contribution in [1.29, 1.82) is 5.26 Å². The van der Waals surface area contributed by atoms with Crippen LogP contribution in [-0.4, -0.2) is 5.91 Å². The summed E-state index contributed by atoms with van der Waals surface area (Å²) in [5.41, 5.74) is 7.22. The Kier molecular flexibility index (Phi) is 2.30. The van der Waals surface area contributed by atoms with Gasteiger partial charge >= 0.3 is 0 Å². The summed E-state index contributed by atoms with van der Waals surface area (Å²) in [5, 5.41) is 11.4. The van der Waals surface area contributed by atoms with Crippen LogP contribution < -0.4 is 11.1 Å². The van der Waals surface area contributed by atoms with Crippen molar-refractivity contribution in [2.45, 2.75) is 12.8 Å². The van der Waals surface area contributed by atoms with Crippen molar-refractivity contribution >= 4 is 17.3 Å². The highest BCUT2D eigenvalue weighted by molar-refractivity contribution is 5.96. The van der Waals surface area contributed by atoms with Crippen molar-refractivity contribution in [3.63, 3.8) is 0 Å². The lowest BCUT2D eigenvalue weighted by Gasteiger charge is -2.07. The van der Waals surface area contributed by atoms with E-state index >= 15 is 0 Å². The number of carbonyl (C=O) groups excluding carboxylic acids is 1. The highest BCUT2D eigenvalue weighted by Gasteiger charge is 2.29. The minimum absolute atomic E-state index is 0.0198. The molecule has 0 bridgehead atoms. The molecular weight excluding hydrogens is 190 g/mol. The molecule has 0 radical (unpaired) electrons. The van der Waals surface area contributed by atoms with Gasteiger partial charge in [-0.2, -0.15) is 5.26 Å². The van der Waals surface area contributed by atoms with Crippen LogP contribution in [0, 0.1) is 17.2 Å². The van der Waals surface area contributed by atoms with E-state index in [1.54, 1.807) is 18.2 Å². The number of nitrogens with one attached hydrogen (secondary N) is 1. The van der Waals surface area contributed by atoms with E-state index in [1.165, 1.54) is 0 Å². The van der Waals surface area contributed by atoms with Gasteiger partial charge in [0.15, 0.2) is 0 Å². The van der Waals surface area contributed by atoms with Crippen molar-refractivity contribution in [2.75, 3.05) is 11.1 Å². The first kappa shape index (κ1) is 9.53. The molecule has 1 aliphatic carbocycles. The van der Waals surface area contributed by atoms with Crippen LogP contribution in [0.1, 0.15) is 18.4 Å². The highest BCUT2D eigenvalue weighted by Crippen LogP contribution is 2.31. The van der Waals surface area contributed by atoms with Crippen LogP contribution in [0.15, 0.2) is 18.2 Å². The lowest BCUT2D eigenvalue weighted by atomic mass is 10.2. The van der Waals surface area contributed by atoms with Gasteiger partial charge in [0.05, 0.1) is 23.0 Å². The number of amides is 1. The quantitative estimate of drug-likeness (QED) is 0.711. The highest BCUT2D eigenvalue weighted by atomic mass is 16.2. The molecule has 0 unspecified atom stereocenters. The number of hydrogen-bond donors (Lipinski definition) is 2. The lowest BCUT2D eigenvalue weighted by molar-refractivity contribution is -0.117. The number of anilines is 2. The summed E-state index contributed by atoms with van der Waals surface area (Å²) in [7, 11) is 0. The molecular formula is C11H11N3O. The van der Waals surface area contributed by atoms with E-state index in [0.717, 1.165) is 12.8 Å². The molecule has 2 rings (SSSR count). The zero-order valence-corrected chi connectivity index (χ0v) is 8.16. The van der Waals surface area contributed by atoms with Gasteiger partial charge in [0.2, 0.25) is 5.91 Å². The number of carbonyl (C=O) groups is 1. The normalized spacial score (nSPS) is 14.3. The molecule has 3 N–H and O–H groups in total. The van der Waals surface area contributed by atoms with Gasteiger partial charge in [0.1, 0.15) is 0 Å². The fourth-order valence-electron chi connectivity index (χ4n) is 1.33. The van der Waals surface area contributed by atoms with Gasteiger partial charge in [-0.1, -0.05) is 0 Å². The Balaban J connectivity index is 2.14. The van der Waals surface area contributed by atoms with Gasteiger partial charge in [-0.15, -0.1) is 0 Å². The van der Waals surface area contributed by atoms with Gasteiger partial charge in [-0.25, -0.2) is 0 Å². The largest absolute Gasteiger partial charge is 0.397 e. The summed E-state index contributed by atoms with van der Waals surface area (Å²) in [6.45, 7) is 0. The molecule has 1 fully saturated rings. The molecule has 1 aromatic carbocycles. The summed E-state index contributed by atoms with van der Waals surface area (Å²) in [5.74, 6) is 0.173. The molecule has 0 spiro atoms. The van der Waals surface area contributed by atoms with E-state index in [2.05, 4.69) is 5.32 Å². The minimum Gasteiger partial charge on any atom is -0.397 e. The van der Waals surface area contributed by atoms with Crippen LogP contribution in [0.25, 0.3) is 0 Å². The third-order valence-corrected chi connectivity index (χ3v) is 2.39. The van der Waals surface area contributed by atoms with E-state index in [1.807, 2.05) is 6.07 Å². The number of nitrogens with zero attached hydrogens (tertiary/aromatic N) is 1. The van der Waals surface area contributed by atoms with Gasteiger partial charge in [-0.3, -0.25) is 4.79 Å². The molecule has 0 heterocycles. The summed E-state index contributed by atoms with van der Waals surface area (Å²) in [6.07, 6.45) is 1.92. The maximum absolute atomic E-state index is 11.4. The molecule has 1 aromatic rings. The van der Waals surface area contributed by atoms with E-state index in [9.17, 15) is 4.79 Å². The Morgan fingerprint density at radius 3 is 2.80 bits per heavy atom. The van der Waals surface area contributed by atoms with Crippen LogP contribution in [0.2, 0.25) is 0 Å². The van der Waals surface area contributed by atoms with Crippen LogP contribution >= 0.6 is 0 Å². The summed E-state index contributed by atoms with van der Waals surface area (Å²) >= 11 is 0. The fraction of sp³-hybridized carbons (Fsp3) is 0.273. The van der Waals surface area contributed by atoms with Crippen LogP contribution in [0.5, 0.6) is 0 Å². The first-order chi connectivity index (χ1) is 7.20.